The molecular weight excluding hydrogens is 234 g/mol. The van der Waals surface area contributed by atoms with E-state index in [2.05, 4.69) is 40.3 Å². The zero-order valence-electron chi connectivity index (χ0n) is 6.75. The molecule has 0 fully saturated rings. The zero-order valence-corrected chi connectivity index (χ0v) is 9.15. The van der Waals surface area contributed by atoms with E-state index in [0.29, 0.717) is 0 Å². The average Bonchev–Trinajstić information content (AvgIpc) is 2.05. The monoisotopic (exact) mass is 243 g/mol. The van der Waals surface area contributed by atoms with Crippen LogP contribution in [-0.4, -0.2) is 5.49 Å². The SMILES string of the molecule is C[C@H](NC=S)c1cccc(Br)c1. The molecule has 0 aliphatic carbocycles. The fraction of sp³-hybridized carbons (Fsp3) is 0.222. The van der Waals surface area contributed by atoms with Crippen molar-refractivity contribution in [3.8, 4) is 0 Å². The Morgan fingerprint density at radius 1 is 1.58 bits per heavy atom. The average molecular weight is 244 g/mol. The van der Waals surface area contributed by atoms with Gasteiger partial charge in [0.25, 0.3) is 0 Å². The van der Waals surface area contributed by atoms with E-state index in [-0.39, 0.29) is 6.04 Å². The Hall–Kier alpha value is -0.410. The topological polar surface area (TPSA) is 12.0 Å². The maximum atomic E-state index is 4.71. The molecule has 0 amide bonds. The van der Waals surface area contributed by atoms with Gasteiger partial charge in [0.2, 0.25) is 0 Å². The molecule has 1 aromatic carbocycles. The Morgan fingerprint density at radius 2 is 2.33 bits per heavy atom. The van der Waals surface area contributed by atoms with Gasteiger partial charge >= 0.3 is 0 Å². The third-order valence-electron chi connectivity index (χ3n) is 1.67. The minimum Gasteiger partial charge on any atom is -0.376 e. The molecule has 0 aliphatic rings. The Morgan fingerprint density at radius 3 is 2.92 bits per heavy atom. The van der Waals surface area contributed by atoms with Gasteiger partial charge in [0.05, 0.1) is 5.49 Å². The van der Waals surface area contributed by atoms with E-state index in [1.807, 2.05) is 12.1 Å². The smallest absolute Gasteiger partial charge is 0.0619 e. The van der Waals surface area contributed by atoms with Crippen LogP contribution in [0.3, 0.4) is 0 Å². The summed E-state index contributed by atoms with van der Waals surface area (Å²) in [5, 5.41) is 3.06. The maximum absolute atomic E-state index is 4.71. The Balaban J connectivity index is 2.80. The van der Waals surface area contributed by atoms with E-state index >= 15 is 0 Å². The van der Waals surface area contributed by atoms with Gasteiger partial charge in [-0.15, -0.1) is 0 Å². The molecule has 1 rings (SSSR count). The molecule has 1 aromatic rings. The number of nitrogens with one attached hydrogen (secondary N) is 1. The molecule has 0 saturated carbocycles. The van der Waals surface area contributed by atoms with E-state index in [0.717, 1.165) is 4.47 Å². The molecule has 0 saturated heterocycles. The van der Waals surface area contributed by atoms with Gasteiger partial charge in [-0.25, -0.2) is 0 Å². The maximum Gasteiger partial charge on any atom is 0.0619 e. The second-order valence-corrected chi connectivity index (χ2v) is 3.71. The minimum atomic E-state index is 0.278. The van der Waals surface area contributed by atoms with Gasteiger partial charge in [-0.2, -0.15) is 0 Å². The first-order valence-corrected chi connectivity index (χ1v) is 4.95. The normalized spacial score (nSPS) is 12.2. The lowest BCUT2D eigenvalue weighted by Gasteiger charge is -2.11. The Labute approximate surface area is 86.3 Å². The summed E-state index contributed by atoms with van der Waals surface area (Å²) in [6, 6.07) is 8.45. The molecule has 0 spiro atoms. The third-order valence-corrected chi connectivity index (χ3v) is 2.30. The predicted octanol–water partition coefficient (Wildman–Crippen LogP) is 3.06. The molecule has 12 heavy (non-hydrogen) atoms. The van der Waals surface area contributed by atoms with Crippen LogP contribution in [0.25, 0.3) is 0 Å². The van der Waals surface area contributed by atoms with Crippen molar-refractivity contribution in [1.29, 1.82) is 0 Å². The fourth-order valence-corrected chi connectivity index (χ4v) is 1.60. The molecule has 0 bridgehead atoms. The van der Waals surface area contributed by atoms with E-state index in [1.54, 1.807) is 5.49 Å². The Kier molecular flexibility index (Phi) is 3.69. The molecule has 1 N–H and O–H groups in total. The van der Waals surface area contributed by atoms with E-state index < -0.39 is 0 Å². The van der Waals surface area contributed by atoms with Gasteiger partial charge in [0.1, 0.15) is 0 Å². The van der Waals surface area contributed by atoms with Crippen molar-refractivity contribution in [2.75, 3.05) is 0 Å². The molecule has 0 heterocycles. The first kappa shape index (κ1) is 9.68. The van der Waals surface area contributed by atoms with Crippen LogP contribution in [0.15, 0.2) is 28.7 Å². The summed E-state index contributed by atoms with van der Waals surface area (Å²) in [4.78, 5) is 0. The summed E-state index contributed by atoms with van der Waals surface area (Å²) in [7, 11) is 0. The fourth-order valence-electron chi connectivity index (χ4n) is 0.974. The summed E-state index contributed by atoms with van der Waals surface area (Å²) in [6.07, 6.45) is 0. The number of rotatable bonds is 3. The molecular formula is C9H10BrNS. The number of hydrogen-bond donors (Lipinski definition) is 1. The quantitative estimate of drug-likeness (QED) is 0.820. The molecule has 0 unspecified atom stereocenters. The summed E-state index contributed by atoms with van der Waals surface area (Å²) >= 11 is 8.13. The summed E-state index contributed by atoms with van der Waals surface area (Å²) in [5.41, 5.74) is 2.77. The van der Waals surface area contributed by atoms with E-state index in [9.17, 15) is 0 Å². The molecule has 3 heteroatoms. The summed E-state index contributed by atoms with van der Waals surface area (Å²) in [6.45, 7) is 2.07. The van der Waals surface area contributed by atoms with Gasteiger partial charge in [0.15, 0.2) is 0 Å². The second kappa shape index (κ2) is 4.58. The molecule has 0 radical (unpaired) electrons. The number of hydrogen-bond acceptors (Lipinski definition) is 1. The minimum absolute atomic E-state index is 0.278. The highest BCUT2D eigenvalue weighted by Crippen LogP contribution is 2.17. The lowest BCUT2D eigenvalue weighted by atomic mass is 10.1. The van der Waals surface area contributed by atoms with Crippen molar-refractivity contribution in [3.05, 3.63) is 34.3 Å². The highest BCUT2D eigenvalue weighted by atomic mass is 79.9. The van der Waals surface area contributed by atoms with Gasteiger partial charge < -0.3 is 5.32 Å². The lowest BCUT2D eigenvalue weighted by Crippen LogP contribution is -2.14. The van der Waals surface area contributed by atoms with E-state index in [1.165, 1.54) is 5.56 Å². The van der Waals surface area contributed by atoms with Crippen LogP contribution < -0.4 is 5.32 Å². The molecule has 64 valence electrons. The summed E-state index contributed by atoms with van der Waals surface area (Å²) in [5.74, 6) is 0. The molecule has 1 atom stereocenters. The summed E-state index contributed by atoms with van der Waals surface area (Å²) < 4.78 is 1.10. The van der Waals surface area contributed by atoms with Crippen LogP contribution in [0.2, 0.25) is 0 Å². The van der Waals surface area contributed by atoms with Crippen molar-refractivity contribution in [1.82, 2.24) is 5.32 Å². The largest absolute Gasteiger partial charge is 0.376 e. The van der Waals surface area contributed by atoms with Crippen LogP contribution in [0.1, 0.15) is 18.5 Å². The molecule has 1 nitrogen and oxygen atoms in total. The zero-order chi connectivity index (χ0) is 8.97. The van der Waals surface area contributed by atoms with Crippen molar-refractivity contribution in [3.63, 3.8) is 0 Å². The number of benzene rings is 1. The van der Waals surface area contributed by atoms with Crippen molar-refractivity contribution >= 4 is 33.6 Å². The first-order chi connectivity index (χ1) is 5.74. The molecule has 0 aromatic heterocycles. The number of halogens is 1. The van der Waals surface area contributed by atoms with Crippen LogP contribution >= 0.6 is 28.1 Å². The lowest BCUT2D eigenvalue weighted by molar-refractivity contribution is 0.732. The van der Waals surface area contributed by atoms with Gasteiger partial charge in [-0.1, -0.05) is 40.3 Å². The van der Waals surface area contributed by atoms with Crippen LogP contribution in [0, 0.1) is 0 Å². The highest BCUT2D eigenvalue weighted by Gasteiger charge is 2.01. The van der Waals surface area contributed by atoms with Crippen LogP contribution in [0.5, 0.6) is 0 Å². The predicted molar refractivity (Wildman–Crippen MR) is 59.3 cm³/mol. The first-order valence-electron chi connectivity index (χ1n) is 3.69. The highest BCUT2D eigenvalue weighted by molar-refractivity contribution is 9.10. The Bertz CT molecular complexity index is 275. The van der Waals surface area contributed by atoms with Crippen LogP contribution in [0.4, 0.5) is 0 Å². The van der Waals surface area contributed by atoms with Crippen molar-refractivity contribution in [2.24, 2.45) is 0 Å². The second-order valence-electron chi connectivity index (χ2n) is 2.56. The van der Waals surface area contributed by atoms with Crippen molar-refractivity contribution < 1.29 is 0 Å². The third kappa shape index (κ3) is 2.57. The molecule has 0 aliphatic heterocycles. The van der Waals surface area contributed by atoms with Crippen molar-refractivity contribution in [2.45, 2.75) is 13.0 Å². The van der Waals surface area contributed by atoms with Gasteiger partial charge in [-0.3, -0.25) is 0 Å². The van der Waals surface area contributed by atoms with Gasteiger partial charge in [0, 0.05) is 10.5 Å². The standard InChI is InChI=1S/C9H10BrNS/c1-7(11-6-12)8-3-2-4-9(10)5-8/h2-7H,1H3,(H,11,12)/t7-/m0/s1. The van der Waals surface area contributed by atoms with Gasteiger partial charge in [-0.05, 0) is 24.6 Å². The number of thiocarbonyl (C=S) groups is 1. The van der Waals surface area contributed by atoms with Crippen LogP contribution in [-0.2, 0) is 0 Å². The van der Waals surface area contributed by atoms with E-state index in [4.69, 9.17) is 12.2 Å².